The minimum Gasteiger partial charge on any atom is -0.508 e. The number of aromatic hydroxyl groups is 1. The maximum Gasteiger partial charge on any atom is 0.267 e. The van der Waals surface area contributed by atoms with Gasteiger partial charge in [-0.2, -0.15) is 0 Å². The Morgan fingerprint density at radius 3 is 2.60 bits per heavy atom. The molecule has 30 heavy (non-hydrogen) atoms. The molecule has 1 aliphatic rings. The molecule has 2 heterocycles. The number of rotatable bonds is 5. The van der Waals surface area contributed by atoms with E-state index in [1.54, 1.807) is 12.1 Å². The first-order valence-electron chi connectivity index (χ1n) is 9.72. The lowest BCUT2D eigenvalue weighted by Crippen LogP contribution is -2.44. The molecule has 1 amide bonds. The van der Waals surface area contributed by atoms with Gasteiger partial charge in [-0.3, -0.25) is 14.7 Å². The van der Waals surface area contributed by atoms with Crippen molar-refractivity contribution in [3.63, 3.8) is 0 Å². The molecular weight excluding hydrogens is 386 g/mol. The standard InChI is InChI=1S/C22H23N3O5/c26-17-7-3-4-14(10-17)12-25-19(27)11-18(23-25)20(28)21(29)22(30)24-9-8-15-5-1-2-6-16(15)13-24/h1-7,10-11,20-21,23,26,28-29H,8-9,12-13H2/t20-,21+/m0/s1. The summed E-state index contributed by atoms with van der Waals surface area (Å²) in [5.41, 5.74) is 2.51. The molecule has 0 saturated carbocycles. The van der Waals surface area contributed by atoms with E-state index in [1.165, 1.54) is 27.3 Å². The Morgan fingerprint density at radius 2 is 1.83 bits per heavy atom. The molecule has 0 fully saturated rings. The molecule has 8 heteroatoms. The molecule has 0 saturated heterocycles. The summed E-state index contributed by atoms with van der Waals surface area (Å²) in [6.45, 7) is 0.968. The van der Waals surface area contributed by atoms with Gasteiger partial charge in [0.05, 0.1) is 12.2 Å². The highest BCUT2D eigenvalue weighted by atomic mass is 16.3. The van der Waals surface area contributed by atoms with Gasteiger partial charge < -0.3 is 20.2 Å². The van der Waals surface area contributed by atoms with E-state index in [0.29, 0.717) is 25.1 Å². The van der Waals surface area contributed by atoms with Crippen molar-refractivity contribution in [2.45, 2.75) is 31.7 Å². The molecule has 8 nitrogen and oxygen atoms in total. The molecule has 2 aromatic carbocycles. The predicted molar refractivity (Wildman–Crippen MR) is 109 cm³/mol. The van der Waals surface area contributed by atoms with Crippen LogP contribution in [0.3, 0.4) is 0 Å². The third-order valence-corrected chi connectivity index (χ3v) is 5.37. The van der Waals surface area contributed by atoms with Crippen LogP contribution in [0.5, 0.6) is 5.75 Å². The summed E-state index contributed by atoms with van der Waals surface area (Å²) < 4.78 is 1.24. The van der Waals surface area contributed by atoms with Crippen LogP contribution in [0, 0.1) is 0 Å². The first kappa shape index (κ1) is 19.9. The Hall–Kier alpha value is -3.36. The van der Waals surface area contributed by atoms with E-state index < -0.39 is 23.7 Å². The summed E-state index contributed by atoms with van der Waals surface area (Å²) in [7, 11) is 0. The highest BCUT2D eigenvalue weighted by Gasteiger charge is 2.32. The van der Waals surface area contributed by atoms with Crippen LogP contribution in [0.25, 0.3) is 0 Å². The van der Waals surface area contributed by atoms with Crippen LogP contribution in [0.15, 0.2) is 59.4 Å². The highest BCUT2D eigenvalue weighted by molar-refractivity contribution is 5.81. The number of phenols is 1. The molecule has 2 atom stereocenters. The summed E-state index contributed by atoms with van der Waals surface area (Å²) >= 11 is 0. The Labute approximate surface area is 172 Å². The zero-order chi connectivity index (χ0) is 21.3. The number of fused-ring (bicyclic) bond motifs is 1. The normalized spacial score (nSPS) is 15.5. The fraction of sp³-hybridized carbons (Fsp3) is 0.273. The van der Waals surface area contributed by atoms with Gasteiger partial charge in [0.1, 0.15) is 11.9 Å². The quantitative estimate of drug-likeness (QED) is 0.500. The van der Waals surface area contributed by atoms with E-state index in [4.69, 9.17) is 0 Å². The zero-order valence-corrected chi connectivity index (χ0v) is 16.2. The Kier molecular flexibility index (Phi) is 5.43. The second kappa shape index (κ2) is 8.17. The maximum atomic E-state index is 12.7. The molecule has 1 aromatic heterocycles. The molecule has 156 valence electrons. The lowest BCUT2D eigenvalue weighted by Gasteiger charge is -2.31. The van der Waals surface area contributed by atoms with Crippen molar-refractivity contribution < 1.29 is 20.1 Å². The minimum absolute atomic E-state index is 0.0541. The van der Waals surface area contributed by atoms with E-state index in [-0.39, 0.29) is 18.0 Å². The highest BCUT2D eigenvalue weighted by Crippen LogP contribution is 2.22. The maximum absolute atomic E-state index is 12.7. The number of aromatic nitrogens is 2. The topological polar surface area (TPSA) is 119 Å². The summed E-state index contributed by atoms with van der Waals surface area (Å²) in [5.74, 6) is -0.505. The largest absolute Gasteiger partial charge is 0.508 e. The van der Waals surface area contributed by atoms with E-state index in [2.05, 4.69) is 5.10 Å². The molecule has 0 aliphatic carbocycles. The third-order valence-electron chi connectivity index (χ3n) is 5.37. The number of nitrogens with one attached hydrogen (secondary N) is 1. The Balaban J connectivity index is 1.47. The van der Waals surface area contributed by atoms with Crippen molar-refractivity contribution in [1.29, 1.82) is 0 Å². The number of amides is 1. The number of nitrogens with zero attached hydrogens (tertiary/aromatic N) is 2. The lowest BCUT2D eigenvalue weighted by atomic mass is 9.99. The molecule has 4 N–H and O–H groups in total. The van der Waals surface area contributed by atoms with Crippen LogP contribution in [-0.4, -0.2) is 48.6 Å². The summed E-state index contributed by atoms with van der Waals surface area (Å²) in [6.07, 6.45) is -2.57. The zero-order valence-electron chi connectivity index (χ0n) is 16.2. The number of carbonyl (C=O) groups is 1. The number of phenolic OH excluding ortho intramolecular Hbond substituents is 1. The molecule has 0 spiro atoms. The fourth-order valence-corrected chi connectivity index (χ4v) is 3.74. The molecule has 3 aromatic rings. The summed E-state index contributed by atoms with van der Waals surface area (Å²) in [5, 5.41) is 33.3. The minimum atomic E-state index is -1.69. The fourth-order valence-electron chi connectivity index (χ4n) is 3.74. The van der Waals surface area contributed by atoms with E-state index in [9.17, 15) is 24.9 Å². The first-order chi connectivity index (χ1) is 14.4. The van der Waals surface area contributed by atoms with Crippen molar-refractivity contribution in [3.05, 3.63) is 87.3 Å². The molecule has 0 unspecified atom stereocenters. The van der Waals surface area contributed by atoms with Crippen molar-refractivity contribution in [3.8, 4) is 5.75 Å². The van der Waals surface area contributed by atoms with Crippen molar-refractivity contribution in [1.82, 2.24) is 14.7 Å². The average Bonchev–Trinajstić information content (AvgIpc) is 3.12. The van der Waals surface area contributed by atoms with Gasteiger partial charge in [-0.05, 0) is 35.2 Å². The first-order valence-corrected chi connectivity index (χ1v) is 9.72. The van der Waals surface area contributed by atoms with Gasteiger partial charge >= 0.3 is 0 Å². The number of aliphatic hydroxyl groups excluding tert-OH is 2. The molecular formula is C22H23N3O5. The number of aliphatic hydroxyl groups is 2. The van der Waals surface area contributed by atoms with Crippen molar-refractivity contribution >= 4 is 5.91 Å². The molecule has 0 radical (unpaired) electrons. The van der Waals surface area contributed by atoms with Crippen molar-refractivity contribution in [2.75, 3.05) is 6.54 Å². The van der Waals surface area contributed by atoms with Gasteiger partial charge in [-0.15, -0.1) is 0 Å². The Morgan fingerprint density at radius 1 is 1.07 bits per heavy atom. The number of hydrogen-bond acceptors (Lipinski definition) is 5. The van der Waals surface area contributed by atoms with Gasteiger partial charge in [0.2, 0.25) is 0 Å². The molecule has 4 rings (SSSR count). The summed E-state index contributed by atoms with van der Waals surface area (Å²) in [4.78, 5) is 26.5. The number of hydrogen-bond donors (Lipinski definition) is 4. The predicted octanol–water partition coefficient (Wildman–Crippen LogP) is 0.909. The lowest BCUT2D eigenvalue weighted by molar-refractivity contribution is -0.147. The molecule has 1 aliphatic heterocycles. The van der Waals surface area contributed by atoms with Crippen LogP contribution in [-0.2, 0) is 24.3 Å². The van der Waals surface area contributed by atoms with E-state index in [1.807, 2.05) is 24.3 Å². The van der Waals surface area contributed by atoms with Crippen LogP contribution >= 0.6 is 0 Å². The van der Waals surface area contributed by atoms with E-state index in [0.717, 1.165) is 11.6 Å². The van der Waals surface area contributed by atoms with Crippen LogP contribution < -0.4 is 5.56 Å². The van der Waals surface area contributed by atoms with Crippen LogP contribution in [0.4, 0.5) is 0 Å². The van der Waals surface area contributed by atoms with Gasteiger partial charge in [0.25, 0.3) is 11.5 Å². The smallest absolute Gasteiger partial charge is 0.267 e. The second-order valence-corrected chi connectivity index (χ2v) is 7.47. The van der Waals surface area contributed by atoms with Crippen LogP contribution in [0.2, 0.25) is 0 Å². The van der Waals surface area contributed by atoms with Gasteiger partial charge in [0, 0.05) is 19.2 Å². The second-order valence-electron chi connectivity index (χ2n) is 7.47. The van der Waals surface area contributed by atoms with E-state index >= 15 is 0 Å². The summed E-state index contributed by atoms with van der Waals surface area (Å²) in [6, 6.07) is 15.4. The van der Waals surface area contributed by atoms with Gasteiger partial charge in [-0.1, -0.05) is 36.4 Å². The number of carbonyl (C=O) groups excluding carboxylic acids is 1. The van der Waals surface area contributed by atoms with Gasteiger partial charge in [-0.25, -0.2) is 4.68 Å². The monoisotopic (exact) mass is 409 g/mol. The number of benzene rings is 2. The average molecular weight is 409 g/mol. The number of aromatic amines is 1. The third kappa shape index (κ3) is 4.00. The SMILES string of the molecule is O=C([C@H](O)[C@@H](O)c1cc(=O)n(Cc2cccc(O)c2)[nH]1)N1CCc2ccccc2C1. The number of H-pyrrole nitrogens is 1. The van der Waals surface area contributed by atoms with Gasteiger partial charge in [0.15, 0.2) is 6.10 Å². The van der Waals surface area contributed by atoms with Crippen molar-refractivity contribution in [2.24, 2.45) is 0 Å². The van der Waals surface area contributed by atoms with Crippen LogP contribution in [0.1, 0.15) is 28.5 Å². The Bertz CT molecular complexity index is 1120. The molecule has 0 bridgehead atoms.